The Hall–Kier alpha value is -3.42. The van der Waals surface area contributed by atoms with Crippen LogP contribution >= 0.6 is 0 Å². The molecule has 8 nitrogen and oxygen atoms in total. The molecule has 1 aliphatic rings. The van der Waals surface area contributed by atoms with E-state index in [0.29, 0.717) is 24.4 Å². The Labute approximate surface area is 173 Å². The molecule has 0 spiro atoms. The van der Waals surface area contributed by atoms with Crippen LogP contribution < -0.4 is 10.2 Å². The Morgan fingerprint density at radius 1 is 1.10 bits per heavy atom. The van der Waals surface area contributed by atoms with E-state index in [1.165, 1.54) is 25.7 Å². The smallest absolute Gasteiger partial charge is 0.287 e. The van der Waals surface area contributed by atoms with Gasteiger partial charge >= 0.3 is 0 Å². The average Bonchev–Trinajstić information content (AvgIpc) is 3.29. The number of rotatable bonds is 5. The van der Waals surface area contributed by atoms with Crippen LogP contribution in [-0.4, -0.2) is 45.3 Å². The van der Waals surface area contributed by atoms with Gasteiger partial charge in [0.25, 0.3) is 5.91 Å². The quantitative estimate of drug-likeness (QED) is 0.549. The molecule has 0 bridgehead atoms. The van der Waals surface area contributed by atoms with Gasteiger partial charge in [-0.1, -0.05) is 31.0 Å². The van der Waals surface area contributed by atoms with Crippen molar-refractivity contribution in [2.75, 3.05) is 24.5 Å². The summed E-state index contributed by atoms with van der Waals surface area (Å²) >= 11 is 0. The molecule has 1 N–H and O–H groups in total. The number of furan rings is 1. The van der Waals surface area contributed by atoms with Crippen molar-refractivity contribution in [3.8, 4) is 0 Å². The minimum Gasteiger partial charge on any atom is -0.451 e. The minimum atomic E-state index is -0.234. The largest absolute Gasteiger partial charge is 0.451 e. The number of anilines is 1. The lowest BCUT2D eigenvalue weighted by Crippen LogP contribution is -2.27. The van der Waals surface area contributed by atoms with Crippen molar-refractivity contribution in [2.24, 2.45) is 0 Å². The summed E-state index contributed by atoms with van der Waals surface area (Å²) in [6, 6.07) is 9.34. The summed E-state index contributed by atoms with van der Waals surface area (Å²) in [6.07, 6.45) is 8.36. The van der Waals surface area contributed by atoms with E-state index in [0.717, 1.165) is 35.3 Å². The number of fused-ring (bicyclic) bond motifs is 2. The molecule has 4 heterocycles. The maximum absolute atomic E-state index is 12.4. The molecule has 1 amide bonds. The summed E-state index contributed by atoms with van der Waals surface area (Å²) in [4.78, 5) is 23.7. The molecule has 1 saturated heterocycles. The Bertz CT molecular complexity index is 1140. The van der Waals surface area contributed by atoms with Crippen molar-refractivity contribution in [1.29, 1.82) is 0 Å². The number of carbonyl (C=O) groups excluding carboxylic acids is 1. The lowest BCUT2D eigenvalue weighted by molar-refractivity contribution is 0.0926. The molecule has 5 rings (SSSR count). The first-order valence-corrected chi connectivity index (χ1v) is 10.5. The average molecular weight is 404 g/mol. The van der Waals surface area contributed by atoms with Gasteiger partial charge in [0.1, 0.15) is 17.7 Å². The van der Waals surface area contributed by atoms with Crippen molar-refractivity contribution in [2.45, 2.75) is 32.2 Å². The minimum absolute atomic E-state index is 0.234. The monoisotopic (exact) mass is 404 g/mol. The van der Waals surface area contributed by atoms with Crippen LogP contribution in [0.2, 0.25) is 0 Å². The van der Waals surface area contributed by atoms with Gasteiger partial charge in [-0.15, -0.1) is 0 Å². The second kappa shape index (κ2) is 8.14. The maximum atomic E-state index is 12.4. The number of benzene rings is 1. The van der Waals surface area contributed by atoms with Crippen molar-refractivity contribution in [3.63, 3.8) is 0 Å². The molecule has 3 aromatic heterocycles. The first-order valence-electron chi connectivity index (χ1n) is 10.5. The molecule has 154 valence electrons. The lowest BCUT2D eigenvalue weighted by atomic mass is 10.2. The van der Waals surface area contributed by atoms with Crippen molar-refractivity contribution < 1.29 is 9.21 Å². The first-order chi connectivity index (χ1) is 14.8. The zero-order valence-corrected chi connectivity index (χ0v) is 16.8. The fraction of sp³-hybridized carbons (Fsp3) is 0.364. The van der Waals surface area contributed by atoms with E-state index in [1.54, 1.807) is 12.4 Å². The van der Waals surface area contributed by atoms with Crippen LogP contribution in [0.4, 0.5) is 5.82 Å². The van der Waals surface area contributed by atoms with E-state index in [2.05, 4.69) is 25.3 Å². The highest BCUT2D eigenvalue weighted by Crippen LogP contribution is 2.25. The molecule has 0 saturated carbocycles. The number of hydrogen-bond acceptors (Lipinski definition) is 6. The number of para-hydroxylation sites is 1. The number of aromatic nitrogens is 4. The summed E-state index contributed by atoms with van der Waals surface area (Å²) in [7, 11) is 0. The molecular formula is C22H24N6O2. The second-order valence-corrected chi connectivity index (χ2v) is 7.61. The number of nitrogens with one attached hydrogen (secondary N) is 1. The van der Waals surface area contributed by atoms with Gasteiger partial charge in [0.2, 0.25) is 0 Å². The summed E-state index contributed by atoms with van der Waals surface area (Å²) in [5, 5.41) is 9.27. The highest BCUT2D eigenvalue weighted by atomic mass is 16.3. The zero-order valence-electron chi connectivity index (χ0n) is 16.8. The predicted octanol–water partition coefficient (Wildman–Crippen LogP) is 3.38. The van der Waals surface area contributed by atoms with Crippen molar-refractivity contribution >= 4 is 33.7 Å². The van der Waals surface area contributed by atoms with Gasteiger partial charge in [0.15, 0.2) is 11.4 Å². The zero-order chi connectivity index (χ0) is 20.3. The third-order valence-electron chi connectivity index (χ3n) is 5.58. The third-order valence-corrected chi connectivity index (χ3v) is 5.58. The van der Waals surface area contributed by atoms with Crippen LogP contribution in [0.1, 0.15) is 36.2 Å². The Morgan fingerprint density at radius 3 is 2.77 bits per heavy atom. The topological polar surface area (TPSA) is 89.1 Å². The lowest BCUT2D eigenvalue weighted by Gasteiger charge is -2.21. The predicted molar refractivity (Wildman–Crippen MR) is 115 cm³/mol. The van der Waals surface area contributed by atoms with E-state index < -0.39 is 0 Å². The van der Waals surface area contributed by atoms with Crippen LogP contribution in [0.5, 0.6) is 0 Å². The van der Waals surface area contributed by atoms with Crippen molar-refractivity contribution in [3.05, 3.63) is 48.6 Å². The summed E-state index contributed by atoms with van der Waals surface area (Å²) in [5.41, 5.74) is 1.50. The van der Waals surface area contributed by atoms with Gasteiger partial charge in [-0.05, 0) is 25.0 Å². The number of nitrogens with zero attached hydrogens (tertiary/aromatic N) is 5. The molecule has 1 aromatic carbocycles. The second-order valence-electron chi connectivity index (χ2n) is 7.61. The van der Waals surface area contributed by atoms with Crippen molar-refractivity contribution in [1.82, 2.24) is 25.1 Å². The molecule has 0 aliphatic carbocycles. The summed E-state index contributed by atoms with van der Waals surface area (Å²) < 4.78 is 7.44. The fourth-order valence-electron chi connectivity index (χ4n) is 4.03. The highest BCUT2D eigenvalue weighted by molar-refractivity contribution is 5.96. The van der Waals surface area contributed by atoms with Crippen LogP contribution in [0, 0.1) is 0 Å². The SMILES string of the molecule is O=C(NCCn1ncc2c(N3CCCCCC3)ncnc21)c1cc2ccccc2o1. The fourth-order valence-corrected chi connectivity index (χ4v) is 4.03. The first kappa shape index (κ1) is 18.6. The van der Waals surface area contributed by atoms with Gasteiger partial charge in [-0.2, -0.15) is 5.10 Å². The van der Waals surface area contributed by atoms with Gasteiger partial charge in [-0.25, -0.2) is 14.6 Å². The normalized spacial score (nSPS) is 14.9. The molecule has 0 radical (unpaired) electrons. The number of carbonyl (C=O) groups is 1. The van der Waals surface area contributed by atoms with Gasteiger partial charge in [0, 0.05) is 25.0 Å². The van der Waals surface area contributed by atoms with E-state index >= 15 is 0 Å². The van der Waals surface area contributed by atoms with Gasteiger partial charge in [0.05, 0.1) is 18.1 Å². The number of hydrogen-bond donors (Lipinski definition) is 1. The molecule has 1 fully saturated rings. The summed E-state index contributed by atoms with van der Waals surface area (Å²) in [5.74, 6) is 1.04. The third kappa shape index (κ3) is 3.60. The molecule has 8 heteroatoms. The van der Waals surface area contributed by atoms with Crippen LogP contribution in [0.25, 0.3) is 22.0 Å². The Kier molecular flexibility index (Phi) is 5.04. The van der Waals surface area contributed by atoms with E-state index in [9.17, 15) is 4.79 Å². The Morgan fingerprint density at radius 2 is 1.93 bits per heavy atom. The van der Waals surface area contributed by atoms with Crippen LogP contribution in [0.15, 0.2) is 47.3 Å². The standard InChI is InChI=1S/C22H24N6O2/c29-22(19-13-16-7-3-4-8-18(16)30-19)23-9-12-28-21-17(14-26-28)20(24-15-25-21)27-10-5-1-2-6-11-27/h3-4,7-8,13-15H,1-2,5-6,9-12H2,(H,23,29). The number of amides is 1. The molecule has 0 unspecified atom stereocenters. The molecular weight excluding hydrogens is 380 g/mol. The summed E-state index contributed by atoms with van der Waals surface area (Å²) in [6.45, 7) is 2.98. The molecule has 4 aromatic rings. The van der Waals surface area contributed by atoms with E-state index in [4.69, 9.17) is 4.42 Å². The van der Waals surface area contributed by atoms with Crippen LogP contribution in [-0.2, 0) is 6.54 Å². The van der Waals surface area contributed by atoms with Gasteiger partial charge < -0.3 is 14.6 Å². The Balaban J connectivity index is 1.27. The molecule has 30 heavy (non-hydrogen) atoms. The molecule has 1 aliphatic heterocycles. The highest BCUT2D eigenvalue weighted by Gasteiger charge is 2.17. The van der Waals surface area contributed by atoms with Gasteiger partial charge in [-0.3, -0.25) is 4.79 Å². The van der Waals surface area contributed by atoms with E-state index in [-0.39, 0.29) is 5.91 Å². The molecule has 0 atom stereocenters. The van der Waals surface area contributed by atoms with Crippen LogP contribution in [0.3, 0.4) is 0 Å². The maximum Gasteiger partial charge on any atom is 0.287 e. The van der Waals surface area contributed by atoms with E-state index in [1.807, 2.05) is 35.1 Å².